The number of ether oxygens (including phenoxy) is 2. The predicted molar refractivity (Wildman–Crippen MR) is 115 cm³/mol. The molecule has 0 aliphatic carbocycles. The summed E-state index contributed by atoms with van der Waals surface area (Å²) in [4.78, 5) is 12.1. The fourth-order valence-corrected chi connectivity index (χ4v) is 4.74. The van der Waals surface area contributed by atoms with E-state index in [1.807, 2.05) is 0 Å². The van der Waals surface area contributed by atoms with E-state index in [9.17, 15) is 17.6 Å². The van der Waals surface area contributed by atoms with Crippen molar-refractivity contribution in [3.05, 3.63) is 65.5 Å². The zero-order valence-electron chi connectivity index (χ0n) is 17.2. The van der Waals surface area contributed by atoms with Crippen molar-refractivity contribution < 1.29 is 27.1 Å². The van der Waals surface area contributed by atoms with Gasteiger partial charge >= 0.3 is 0 Å². The van der Waals surface area contributed by atoms with Gasteiger partial charge in [0.2, 0.25) is 15.9 Å². The van der Waals surface area contributed by atoms with Crippen molar-refractivity contribution in [2.75, 3.05) is 40.0 Å². The van der Waals surface area contributed by atoms with Gasteiger partial charge in [0.1, 0.15) is 16.5 Å². The van der Waals surface area contributed by atoms with Gasteiger partial charge in [-0.25, -0.2) is 12.8 Å². The van der Waals surface area contributed by atoms with Crippen molar-refractivity contribution in [2.45, 2.75) is 11.3 Å². The molecule has 9 heteroatoms. The lowest BCUT2D eigenvalue weighted by molar-refractivity contribution is -0.116. The minimum absolute atomic E-state index is 0.0516. The van der Waals surface area contributed by atoms with Crippen molar-refractivity contribution in [2.24, 2.45) is 0 Å². The number of amides is 1. The number of nitrogens with zero attached hydrogens (tertiary/aromatic N) is 1. The molecule has 1 amide bonds. The topological polar surface area (TPSA) is 84.9 Å². The number of morpholine rings is 1. The van der Waals surface area contributed by atoms with Gasteiger partial charge < -0.3 is 14.8 Å². The first kappa shape index (κ1) is 22.9. The summed E-state index contributed by atoms with van der Waals surface area (Å²) in [5.41, 5.74) is 1.47. The molecule has 7 nitrogen and oxygen atoms in total. The number of rotatable bonds is 8. The van der Waals surface area contributed by atoms with Crippen LogP contribution in [-0.2, 0) is 26.0 Å². The maximum Gasteiger partial charge on any atom is 0.246 e. The largest absolute Gasteiger partial charge is 0.495 e. The first-order valence-electron chi connectivity index (χ1n) is 9.86. The number of nitrogens with one attached hydrogen (secondary N) is 1. The molecule has 2 aromatic rings. The summed E-state index contributed by atoms with van der Waals surface area (Å²) in [5, 5.41) is 2.75. The van der Waals surface area contributed by atoms with Crippen LogP contribution < -0.4 is 10.1 Å². The van der Waals surface area contributed by atoms with E-state index in [4.69, 9.17) is 9.47 Å². The Bertz CT molecular complexity index is 1030. The maximum absolute atomic E-state index is 13.0. The van der Waals surface area contributed by atoms with Gasteiger partial charge in [-0.05, 0) is 47.9 Å². The first-order valence-corrected chi connectivity index (χ1v) is 11.3. The molecule has 1 N–H and O–H groups in total. The molecule has 3 rings (SSSR count). The van der Waals surface area contributed by atoms with Crippen LogP contribution in [0.4, 0.5) is 4.39 Å². The number of halogens is 1. The molecule has 1 heterocycles. The van der Waals surface area contributed by atoms with E-state index in [0.717, 1.165) is 5.56 Å². The molecule has 31 heavy (non-hydrogen) atoms. The lowest BCUT2D eigenvalue weighted by Gasteiger charge is -2.26. The Morgan fingerprint density at radius 1 is 1.19 bits per heavy atom. The minimum atomic E-state index is -3.75. The molecule has 166 valence electrons. The number of carbonyl (C=O) groups is 1. The number of hydrogen-bond acceptors (Lipinski definition) is 5. The van der Waals surface area contributed by atoms with Gasteiger partial charge in [-0.1, -0.05) is 18.2 Å². The van der Waals surface area contributed by atoms with Gasteiger partial charge in [-0.2, -0.15) is 4.31 Å². The molecule has 0 saturated carbocycles. The second-order valence-electron chi connectivity index (χ2n) is 6.93. The minimum Gasteiger partial charge on any atom is -0.495 e. The van der Waals surface area contributed by atoms with Crippen LogP contribution in [0, 0.1) is 5.82 Å². The SMILES string of the molecule is COc1ccc(C=CC(=O)NCCc2ccc(F)cc2)cc1S(=O)(=O)N1CCOCC1. The van der Waals surface area contributed by atoms with Crippen LogP contribution in [-0.4, -0.2) is 58.6 Å². The summed E-state index contributed by atoms with van der Waals surface area (Å²) in [6.07, 6.45) is 3.47. The zero-order chi connectivity index (χ0) is 22.3. The van der Waals surface area contributed by atoms with Crippen molar-refractivity contribution >= 4 is 22.0 Å². The van der Waals surface area contributed by atoms with Gasteiger partial charge in [-0.3, -0.25) is 4.79 Å². The van der Waals surface area contributed by atoms with E-state index < -0.39 is 10.0 Å². The van der Waals surface area contributed by atoms with E-state index >= 15 is 0 Å². The molecule has 0 unspecified atom stereocenters. The van der Waals surface area contributed by atoms with Crippen molar-refractivity contribution in [3.8, 4) is 5.75 Å². The highest BCUT2D eigenvalue weighted by Gasteiger charge is 2.29. The van der Waals surface area contributed by atoms with Crippen LogP contribution in [0.2, 0.25) is 0 Å². The average Bonchev–Trinajstić information content (AvgIpc) is 2.79. The van der Waals surface area contributed by atoms with E-state index in [1.165, 1.54) is 35.7 Å². The molecule has 0 atom stereocenters. The first-order chi connectivity index (χ1) is 14.9. The van der Waals surface area contributed by atoms with E-state index in [2.05, 4.69) is 5.32 Å². The Morgan fingerprint density at radius 3 is 2.58 bits per heavy atom. The molecule has 0 radical (unpaired) electrons. The molecular formula is C22H25FN2O5S. The number of methoxy groups -OCH3 is 1. The standard InChI is InChI=1S/C22H25FN2O5S/c1-29-20-8-4-18(16-21(20)31(27,28)25-12-14-30-15-13-25)5-9-22(26)24-11-10-17-2-6-19(23)7-3-17/h2-9,16H,10-15H2,1H3,(H,24,26). The van der Waals surface area contributed by atoms with Crippen LogP contribution in [0.5, 0.6) is 5.75 Å². The van der Waals surface area contributed by atoms with Gasteiger partial charge in [0.05, 0.1) is 20.3 Å². The Kier molecular flexibility index (Phi) is 7.78. The van der Waals surface area contributed by atoms with Crippen LogP contribution in [0.1, 0.15) is 11.1 Å². The third-order valence-corrected chi connectivity index (χ3v) is 6.75. The molecule has 1 saturated heterocycles. The zero-order valence-corrected chi connectivity index (χ0v) is 18.0. The predicted octanol–water partition coefficient (Wildman–Crippen LogP) is 2.23. The summed E-state index contributed by atoms with van der Waals surface area (Å²) in [6, 6.07) is 10.8. The second-order valence-corrected chi connectivity index (χ2v) is 8.83. The Hall–Kier alpha value is -2.75. The monoisotopic (exact) mass is 448 g/mol. The quantitative estimate of drug-likeness (QED) is 0.626. The summed E-state index contributed by atoms with van der Waals surface area (Å²) in [5.74, 6) is -0.367. The van der Waals surface area contributed by atoms with E-state index in [0.29, 0.717) is 31.7 Å². The summed E-state index contributed by atoms with van der Waals surface area (Å²) in [7, 11) is -2.33. The molecule has 0 bridgehead atoms. The van der Waals surface area contributed by atoms with E-state index in [-0.39, 0.29) is 35.5 Å². The Balaban J connectivity index is 1.65. The number of carbonyl (C=O) groups excluding carboxylic acids is 1. The molecule has 1 aliphatic heterocycles. The fourth-order valence-electron chi connectivity index (χ4n) is 3.14. The third-order valence-electron chi connectivity index (χ3n) is 4.83. The molecule has 1 aliphatic rings. The third kappa shape index (κ3) is 6.13. The van der Waals surface area contributed by atoms with Gasteiger partial charge in [-0.15, -0.1) is 0 Å². The highest BCUT2D eigenvalue weighted by atomic mass is 32.2. The molecule has 2 aromatic carbocycles. The summed E-state index contributed by atoms with van der Waals surface area (Å²) >= 11 is 0. The number of hydrogen-bond donors (Lipinski definition) is 1. The van der Waals surface area contributed by atoms with Crippen LogP contribution in [0.15, 0.2) is 53.4 Å². The molecule has 1 fully saturated rings. The lowest BCUT2D eigenvalue weighted by atomic mass is 10.1. The highest BCUT2D eigenvalue weighted by Crippen LogP contribution is 2.28. The normalized spacial score (nSPS) is 15.2. The van der Waals surface area contributed by atoms with Crippen molar-refractivity contribution in [3.63, 3.8) is 0 Å². The fraction of sp³-hybridized carbons (Fsp3) is 0.318. The molecule has 0 aromatic heterocycles. The summed E-state index contributed by atoms with van der Waals surface area (Å²) < 4.78 is 50.8. The van der Waals surface area contributed by atoms with Gasteiger partial charge in [0.15, 0.2) is 0 Å². The van der Waals surface area contributed by atoms with Gasteiger partial charge in [0.25, 0.3) is 0 Å². The number of sulfonamides is 1. The van der Waals surface area contributed by atoms with Crippen LogP contribution >= 0.6 is 0 Å². The Morgan fingerprint density at radius 2 is 1.90 bits per heavy atom. The molecule has 0 spiro atoms. The van der Waals surface area contributed by atoms with Crippen LogP contribution in [0.25, 0.3) is 6.08 Å². The highest BCUT2D eigenvalue weighted by molar-refractivity contribution is 7.89. The van der Waals surface area contributed by atoms with Crippen molar-refractivity contribution in [1.82, 2.24) is 9.62 Å². The maximum atomic E-state index is 13.0. The molecular weight excluding hydrogens is 423 g/mol. The Labute approximate surface area is 181 Å². The lowest BCUT2D eigenvalue weighted by Crippen LogP contribution is -2.40. The second kappa shape index (κ2) is 10.5. The van der Waals surface area contributed by atoms with E-state index in [1.54, 1.807) is 30.3 Å². The average molecular weight is 449 g/mol. The number of benzene rings is 2. The van der Waals surface area contributed by atoms with Crippen LogP contribution in [0.3, 0.4) is 0 Å². The smallest absolute Gasteiger partial charge is 0.246 e. The van der Waals surface area contributed by atoms with Crippen molar-refractivity contribution in [1.29, 1.82) is 0 Å². The summed E-state index contributed by atoms with van der Waals surface area (Å²) in [6.45, 7) is 1.65. The van der Waals surface area contributed by atoms with Gasteiger partial charge in [0, 0.05) is 25.7 Å².